The third-order valence-corrected chi connectivity index (χ3v) is 4.77. The van der Waals surface area contributed by atoms with Gasteiger partial charge in [-0.25, -0.2) is 9.18 Å². The smallest absolute Gasteiger partial charge is 0.341 e. The van der Waals surface area contributed by atoms with Crippen LogP contribution < -0.4 is 9.64 Å². The highest BCUT2D eigenvalue weighted by molar-refractivity contribution is 6.30. The number of piperazine rings is 1. The van der Waals surface area contributed by atoms with E-state index in [1.807, 2.05) is 24.3 Å². The number of rotatable bonds is 5. The second kappa shape index (κ2) is 8.93. The summed E-state index contributed by atoms with van der Waals surface area (Å²) in [5.41, 5.74) is 0.722. The number of halogens is 2. The van der Waals surface area contributed by atoms with Crippen LogP contribution in [0.3, 0.4) is 0 Å². The van der Waals surface area contributed by atoms with Crippen LogP contribution in [0.25, 0.3) is 0 Å². The number of carbonyl (C=O) groups is 2. The average molecular weight is 407 g/mol. The molecule has 6 nitrogen and oxygen atoms in total. The summed E-state index contributed by atoms with van der Waals surface area (Å²) in [7, 11) is 1.62. The van der Waals surface area contributed by atoms with Crippen LogP contribution in [0.4, 0.5) is 10.1 Å². The number of methoxy groups -OCH3 is 1. The lowest BCUT2D eigenvalue weighted by molar-refractivity contribution is -0.134. The maximum atomic E-state index is 13.7. The summed E-state index contributed by atoms with van der Waals surface area (Å²) in [6, 6.07) is 11.3. The van der Waals surface area contributed by atoms with Crippen LogP contribution >= 0.6 is 11.6 Å². The number of benzene rings is 2. The lowest BCUT2D eigenvalue weighted by Gasteiger charge is -2.36. The number of para-hydroxylation sites is 2. The van der Waals surface area contributed by atoms with Gasteiger partial charge in [0.15, 0.2) is 6.61 Å². The van der Waals surface area contributed by atoms with Gasteiger partial charge in [-0.2, -0.15) is 0 Å². The van der Waals surface area contributed by atoms with Crippen molar-refractivity contribution in [3.63, 3.8) is 0 Å². The molecule has 0 radical (unpaired) electrons. The van der Waals surface area contributed by atoms with E-state index < -0.39 is 18.4 Å². The second-order valence-corrected chi connectivity index (χ2v) is 6.68. The van der Waals surface area contributed by atoms with Crippen molar-refractivity contribution in [2.45, 2.75) is 0 Å². The molecule has 1 amide bonds. The van der Waals surface area contributed by atoms with Crippen LogP contribution in [0.5, 0.6) is 5.75 Å². The molecule has 0 aromatic heterocycles. The van der Waals surface area contributed by atoms with Crippen molar-refractivity contribution in [3.8, 4) is 5.75 Å². The Balaban J connectivity index is 1.52. The van der Waals surface area contributed by atoms with Crippen LogP contribution in [0.2, 0.25) is 5.02 Å². The van der Waals surface area contributed by atoms with Gasteiger partial charge in [-0.1, -0.05) is 23.7 Å². The molecule has 0 N–H and O–H groups in total. The first-order chi connectivity index (χ1) is 13.5. The molecule has 1 aliphatic heterocycles. The molecule has 1 saturated heterocycles. The lowest BCUT2D eigenvalue weighted by Crippen LogP contribution is -2.50. The molecule has 1 aliphatic rings. The van der Waals surface area contributed by atoms with Gasteiger partial charge in [-0.05, 0) is 30.3 Å². The standard InChI is InChI=1S/C20H20ClFN2O4/c1-27-18-5-3-2-4-17(18)23-8-10-24(11-9-23)19(25)13-28-20(26)15-7-6-14(21)12-16(15)22/h2-7,12H,8-11,13H2,1H3. The van der Waals surface area contributed by atoms with Gasteiger partial charge in [-0.15, -0.1) is 0 Å². The Bertz CT molecular complexity index is 869. The maximum Gasteiger partial charge on any atom is 0.341 e. The van der Waals surface area contributed by atoms with E-state index in [1.165, 1.54) is 12.1 Å². The van der Waals surface area contributed by atoms with E-state index in [0.29, 0.717) is 26.2 Å². The fourth-order valence-corrected chi connectivity index (χ4v) is 3.20. The van der Waals surface area contributed by atoms with Crippen LogP contribution in [0, 0.1) is 5.82 Å². The number of nitrogens with zero attached hydrogens (tertiary/aromatic N) is 2. The molecule has 0 atom stereocenters. The maximum absolute atomic E-state index is 13.7. The Morgan fingerprint density at radius 2 is 1.82 bits per heavy atom. The van der Waals surface area contributed by atoms with E-state index in [1.54, 1.807) is 12.0 Å². The summed E-state index contributed by atoms with van der Waals surface area (Å²) in [6.07, 6.45) is 0. The summed E-state index contributed by atoms with van der Waals surface area (Å²) in [5.74, 6) is -1.21. The highest BCUT2D eigenvalue weighted by Gasteiger charge is 2.24. The molecule has 0 spiro atoms. The predicted octanol–water partition coefficient (Wildman–Crippen LogP) is 2.99. The SMILES string of the molecule is COc1ccccc1N1CCN(C(=O)COC(=O)c2ccc(Cl)cc2F)CC1. The third-order valence-electron chi connectivity index (χ3n) is 4.54. The van der Waals surface area contributed by atoms with Crippen LogP contribution in [-0.2, 0) is 9.53 Å². The summed E-state index contributed by atoms with van der Waals surface area (Å²) in [5, 5.41) is 0.179. The molecular formula is C20H20ClFN2O4. The van der Waals surface area contributed by atoms with E-state index in [4.69, 9.17) is 21.1 Å². The number of ether oxygens (including phenoxy) is 2. The van der Waals surface area contributed by atoms with Gasteiger partial charge in [0.05, 0.1) is 18.4 Å². The molecule has 1 fully saturated rings. The quantitative estimate of drug-likeness (QED) is 0.714. The van der Waals surface area contributed by atoms with Gasteiger partial charge in [0.1, 0.15) is 11.6 Å². The number of amides is 1. The Kier molecular flexibility index (Phi) is 6.36. The first kappa shape index (κ1) is 19.9. The monoisotopic (exact) mass is 406 g/mol. The van der Waals surface area contributed by atoms with Gasteiger partial charge in [-0.3, -0.25) is 4.79 Å². The van der Waals surface area contributed by atoms with Crippen molar-refractivity contribution in [1.29, 1.82) is 0 Å². The molecule has 0 aliphatic carbocycles. The molecule has 148 valence electrons. The van der Waals surface area contributed by atoms with Crippen LogP contribution in [-0.4, -0.2) is 56.7 Å². The number of esters is 1. The Morgan fingerprint density at radius 1 is 1.11 bits per heavy atom. The topological polar surface area (TPSA) is 59.1 Å². The highest BCUT2D eigenvalue weighted by Crippen LogP contribution is 2.28. The van der Waals surface area contributed by atoms with Crippen LogP contribution in [0.1, 0.15) is 10.4 Å². The molecule has 2 aromatic carbocycles. The number of anilines is 1. The summed E-state index contributed by atoms with van der Waals surface area (Å²) >= 11 is 5.66. The van der Waals surface area contributed by atoms with E-state index in [-0.39, 0.29) is 16.5 Å². The van der Waals surface area contributed by atoms with Gasteiger partial charge >= 0.3 is 5.97 Å². The van der Waals surface area contributed by atoms with Gasteiger partial charge in [0.2, 0.25) is 0 Å². The summed E-state index contributed by atoms with van der Waals surface area (Å²) < 4.78 is 24.1. The minimum atomic E-state index is -0.893. The Hall–Kier alpha value is -2.80. The first-order valence-electron chi connectivity index (χ1n) is 8.77. The van der Waals surface area contributed by atoms with Crippen molar-refractivity contribution < 1.29 is 23.5 Å². The number of hydrogen-bond acceptors (Lipinski definition) is 5. The zero-order valence-electron chi connectivity index (χ0n) is 15.4. The number of hydrogen-bond donors (Lipinski definition) is 0. The normalized spacial score (nSPS) is 14.0. The molecule has 0 unspecified atom stereocenters. The highest BCUT2D eigenvalue weighted by atomic mass is 35.5. The fourth-order valence-electron chi connectivity index (χ4n) is 3.04. The summed E-state index contributed by atoms with van der Waals surface area (Å²) in [4.78, 5) is 28.1. The van der Waals surface area contributed by atoms with Crippen molar-refractivity contribution in [2.75, 3.05) is 44.8 Å². The first-order valence-corrected chi connectivity index (χ1v) is 9.15. The molecule has 28 heavy (non-hydrogen) atoms. The molecule has 1 heterocycles. The zero-order valence-corrected chi connectivity index (χ0v) is 16.1. The minimum Gasteiger partial charge on any atom is -0.495 e. The molecule has 0 bridgehead atoms. The molecule has 0 saturated carbocycles. The van der Waals surface area contributed by atoms with Gasteiger partial charge in [0.25, 0.3) is 5.91 Å². The average Bonchev–Trinajstić information content (AvgIpc) is 2.72. The molecule has 8 heteroatoms. The van der Waals surface area contributed by atoms with Gasteiger partial charge < -0.3 is 19.3 Å². The molecular weight excluding hydrogens is 387 g/mol. The largest absolute Gasteiger partial charge is 0.495 e. The molecule has 3 rings (SSSR count). The van der Waals surface area contributed by atoms with E-state index in [9.17, 15) is 14.0 Å². The van der Waals surface area contributed by atoms with Crippen molar-refractivity contribution in [2.24, 2.45) is 0 Å². The predicted molar refractivity (Wildman–Crippen MR) is 103 cm³/mol. The van der Waals surface area contributed by atoms with Crippen LogP contribution in [0.15, 0.2) is 42.5 Å². The lowest BCUT2D eigenvalue weighted by atomic mass is 10.2. The minimum absolute atomic E-state index is 0.179. The second-order valence-electron chi connectivity index (χ2n) is 6.24. The Labute approximate surface area is 167 Å². The zero-order chi connectivity index (χ0) is 20.1. The van der Waals surface area contributed by atoms with Crippen molar-refractivity contribution in [3.05, 3.63) is 58.9 Å². The molecule has 2 aromatic rings. The van der Waals surface area contributed by atoms with Gasteiger partial charge in [0, 0.05) is 31.2 Å². The van der Waals surface area contributed by atoms with Crippen molar-refractivity contribution >= 4 is 29.2 Å². The van der Waals surface area contributed by atoms with E-state index in [0.717, 1.165) is 17.5 Å². The fraction of sp³-hybridized carbons (Fsp3) is 0.300. The van der Waals surface area contributed by atoms with E-state index in [2.05, 4.69) is 4.90 Å². The third kappa shape index (κ3) is 4.54. The number of carbonyl (C=O) groups excluding carboxylic acids is 2. The van der Waals surface area contributed by atoms with Crippen molar-refractivity contribution in [1.82, 2.24) is 4.90 Å². The van der Waals surface area contributed by atoms with E-state index >= 15 is 0 Å². The summed E-state index contributed by atoms with van der Waals surface area (Å²) in [6.45, 7) is 1.81. The Morgan fingerprint density at radius 3 is 2.50 bits per heavy atom.